The molecule has 1 atom stereocenters. The van der Waals surface area contributed by atoms with Crippen molar-refractivity contribution in [2.24, 2.45) is 0 Å². The Bertz CT molecular complexity index is 1280. The van der Waals surface area contributed by atoms with Crippen molar-refractivity contribution < 1.29 is 40.0 Å². The fourth-order valence-corrected chi connectivity index (χ4v) is 4.87. The third-order valence-corrected chi connectivity index (χ3v) is 7.30. The first-order chi connectivity index (χ1) is 16.9. The van der Waals surface area contributed by atoms with Crippen molar-refractivity contribution in [2.75, 3.05) is 24.5 Å². The molecule has 2 aromatic carbocycles. The van der Waals surface area contributed by atoms with Gasteiger partial charge in [-0.3, -0.25) is 14.5 Å². The molecule has 2 N–H and O–H groups in total. The van der Waals surface area contributed by atoms with Crippen LogP contribution < -0.4 is 14.9 Å². The molecule has 0 spiro atoms. The van der Waals surface area contributed by atoms with Crippen LogP contribution in [0.1, 0.15) is 24.4 Å². The van der Waals surface area contributed by atoms with Gasteiger partial charge in [0.1, 0.15) is 11.9 Å². The molecule has 194 valence electrons. The number of nitrogens with one attached hydrogen (secondary N) is 2. The smallest absolute Gasteiger partial charge is 0.280 e. The highest BCUT2D eigenvalue weighted by atomic mass is 32.2. The standard InChI is InChI=1S/C22H21F5N4O4S/c23-16-4-2-1-3-15(16)20(21(33)29-13-10-22(26,27)11-13)31(14-5-6-17(24)18(25)9-14)19(32)12-28-36(34,35)30-7-8-30/h1-6,9,13,20,28H,7-8,10-12H2,(H,29,33)/t20-/m0/s1. The first-order valence-corrected chi connectivity index (χ1v) is 12.3. The molecular weight excluding hydrogens is 511 g/mol. The summed E-state index contributed by atoms with van der Waals surface area (Å²) in [6.45, 7) is -0.428. The molecule has 4 rings (SSSR count). The summed E-state index contributed by atoms with van der Waals surface area (Å²) in [6.07, 6.45) is -1.34. The second-order valence-electron chi connectivity index (χ2n) is 8.48. The van der Waals surface area contributed by atoms with Gasteiger partial charge in [-0.2, -0.15) is 17.4 Å². The first-order valence-electron chi connectivity index (χ1n) is 10.8. The zero-order chi connectivity index (χ0) is 26.3. The van der Waals surface area contributed by atoms with E-state index in [1.807, 2.05) is 4.72 Å². The molecule has 1 saturated carbocycles. The van der Waals surface area contributed by atoms with Crippen LogP contribution in [-0.4, -0.2) is 56.1 Å². The predicted octanol–water partition coefficient (Wildman–Crippen LogP) is 2.24. The lowest BCUT2D eigenvalue weighted by Crippen LogP contribution is -2.55. The Morgan fingerprint density at radius 3 is 2.28 bits per heavy atom. The highest BCUT2D eigenvalue weighted by Gasteiger charge is 2.47. The lowest BCUT2D eigenvalue weighted by Gasteiger charge is -2.38. The van der Waals surface area contributed by atoms with Gasteiger partial charge in [0.25, 0.3) is 16.1 Å². The van der Waals surface area contributed by atoms with Crippen LogP contribution in [0.25, 0.3) is 0 Å². The van der Waals surface area contributed by atoms with E-state index in [2.05, 4.69) is 5.32 Å². The molecule has 2 aliphatic rings. The minimum atomic E-state index is -4.01. The molecule has 1 saturated heterocycles. The number of alkyl halides is 2. The van der Waals surface area contributed by atoms with Crippen molar-refractivity contribution in [3.63, 3.8) is 0 Å². The van der Waals surface area contributed by atoms with E-state index >= 15 is 0 Å². The quantitative estimate of drug-likeness (QED) is 0.383. The van der Waals surface area contributed by atoms with E-state index in [-0.39, 0.29) is 24.3 Å². The first kappa shape index (κ1) is 26.0. The van der Waals surface area contributed by atoms with Gasteiger partial charge in [-0.15, -0.1) is 0 Å². The largest absolute Gasteiger partial charge is 0.351 e. The normalized spacial score (nSPS) is 18.2. The van der Waals surface area contributed by atoms with Crippen LogP contribution in [-0.2, 0) is 19.8 Å². The summed E-state index contributed by atoms with van der Waals surface area (Å²) < 4.78 is 96.6. The fourth-order valence-electron chi connectivity index (χ4n) is 3.82. The molecule has 1 heterocycles. The van der Waals surface area contributed by atoms with Crippen molar-refractivity contribution in [3.05, 3.63) is 65.5 Å². The average Bonchev–Trinajstić information content (AvgIpc) is 3.63. The van der Waals surface area contributed by atoms with Gasteiger partial charge in [0.15, 0.2) is 11.6 Å². The average molecular weight is 532 g/mol. The minimum Gasteiger partial charge on any atom is -0.351 e. The topological polar surface area (TPSA) is 98.6 Å². The molecule has 0 radical (unpaired) electrons. The third-order valence-electron chi connectivity index (χ3n) is 5.74. The number of nitrogens with zero attached hydrogens (tertiary/aromatic N) is 2. The summed E-state index contributed by atoms with van der Waals surface area (Å²) in [5.74, 6) is -8.75. The second-order valence-corrected chi connectivity index (χ2v) is 10.2. The van der Waals surface area contributed by atoms with Crippen molar-refractivity contribution in [1.29, 1.82) is 0 Å². The van der Waals surface area contributed by atoms with E-state index in [1.54, 1.807) is 0 Å². The van der Waals surface area contributed by atoms with Gasteiger partial charge in [0, 0.05) is 49.3 Å². The number of rotatable bonds is 9. The number of amides is 2. The number of hydrogen-bond donors (Lipinski definition) is 2. The van der Waals surface area contributed by atoms with Crippen molar-refractivity contribution in [2.45, 2.75) is 30.8 Å². The number of anilines is 1. The molecule has 8 nitrogen and oxygen atoms in total. The van der Waals surface area contributed by atoms with E-state index in [0.29, 0.717) is 17.0 Å². The van der Waals surface area contributed by atoms with Gasteiger partial charge in [0.2, 0.25) is 11.8 Å². The van der Waals surface area contributed by atoms with Crippen LogP contribution in [0.3, 0.4) is 0 Å². The molecule has 1 aliphatic heterocycles. The summed E-state index contributed by atoms with van der Waals surface area (Å²) in [6, 6.07) is 4.20. The van der Waals surface area contributed by atoms with E-state index in [9.17, 15) is 40.0 Å². The monoisotopic (exact) mass is 532 g/mol. The highest BCUT2D eigenvalue weighted by molar-refractivity contribution is 7.87. The van der Waals surface area contributed by atoms with Gasteiger partial charge in [0.05, 0.1) is 6.54 Å². The zero-order valence-electron chi connectivity index (χ0n) is 18.6. The van der Waals surface area contributed by atoms with E-state index < -0.39 is 76.9 Å². The molecule has 2 aromatic rings. The van der Waals surface area contributed by atoms with Crippen molar-refractivity contribution in [3.8, 4) is 0 Å². The van der Waals surface area contributed by atoms with Crippen molar-refractivity contribution >= 4 is 27.7 Å². The van der Waals surface area contributed by atoms with E-state index in [0.717, 1.165) is 22.5 Å². The summed E-state index contributed by atoms with van der Waals surface area (Å²) in [5, 5.41) is 2.34. The minimum absolute atomic E-state index is 0.239. The lowest BCUT2D eigenvalue weighted by atomic mass is 9.87. The molecule has 36 heavy (non-hydrogen) atoms. The molecule has 0 unspecified atom stereocenters. The summed E-state index contributed by atoms with van der Waals surface area (Å²) >= 11 is 0. The Balaban J connectivity index is 1.73. The Hall–Kier alpha value is -3.10. The maximum atomic E-state index is 14.8. The van der Waals surface area contributed by atoms with Crippen LogP contribution >= 0.6 is 0 Å². The van der Waals surface area contributed by atoms with Crippen LogP contribution in [0.4, 0.5) is 27.6 Å². The predicted molar refractivity (Wildman–Crippen MR) is 118 cm³/mol. The van der Waals surface area contributed by atoms with Gasteiger partial charge in [-0.1, -0.05) is 18.2 Å². The van der Waals surface area contributed by atoms with Gasteiger partial charge >= 0.3 is 0 Å². The Morgan fingerprint density at radius 2 is 1.69 bits per heavy atom. The summed E-state index contributed by atoms with van der Waals surface area (Å²) in [5.41, 5.74) is -0.750. The molecule has 2 amide bonds. The van der Waals surface area contributed by atoms with Crippen LogP contribution in [0.15, 0.2) is 42.5 Å². The zero-order valence-corrected chi connectivity index (χ0v) is 19.4. The number of carbonyl (C=O) groups excluding carboxylic acids is 2. The van der Waals surface area contributed by atoms with Crippen LogP contribution in [0.5, 0.6) is 0 Å². The molecular formula is C22H21F5N4O4S. The number of hydrogen-bond acceptors (Lipinski definition) is 4. The molecule has 14 heteroatoms. The maximum Gasteiger partial charge on any atom is 0.280 e. The van der Waals surface area contributed by atoms with E-state index in [1.165, 1.54) is 12.1 Å². The highest BCUT2D eigenvalue weighted by Crippen LogP contribution is 2.38. The SMILES string of the molecule is O=C(NC1CC(F)(F)C1)[C@H](c1ccccc1F)N(C(=O)CNS(=O)(=O)N1CC1)c1ccc(F)c(F)c1. The van der Waals surface area contributed by atoms with Crippen LogP contribution in [0.2, 0.25) is 0 Å². The third kappa shape index (κ3) is 5.65. The van der Waals surface area contributed by atoms with Gasteiger partial charge in [-0.25, -0.2) is 22.0 Å². The molecule has 2 fully saturated rings. The van der Waals surface area contributed by atoms with E-state index in [4.69, 9.17) is 0 Å². The second kappa shape index (κ2) is 9.75. The van der Waals surface area contributed by atoms with Crippen LogP contribution in [0, 0.1) is 17.5 Å². The number of carbonyl (C=O) groups is 2. The Morgan fingerprint density at radius 1 is 1.03 bits per heavy atom. The Labute approximate surface area is 203 Å². The molecule has 1 aliphatic carbocycles. The molecule has 0 bridgehead atoms. The van der Waals surface area contributed by atoms with Gasteiger partial charge in [-0.05, 0) is 18.2 Å². The summed E-state index contributed by atoms with van der Waals surface area (Å²) in [7, 11) is -4.01. The van der Waals surface area contributed by atoms with Crippen molar-refractivity contribution in [1.82, 2.24) is 14.3 Å². The summed E-state index contributed by atoms with van der Waals surface area (Å²) in [4.78, 5) is 27.2. The molecule has 0 aromatic heterocycles. The number of benzene rings is 2. The van der Waals surface area contributed by atoms with Gasteiger partial charge < -0.3 is 5.32 Å². The Kier molecular flexibility index (Phi) is 7.03. The maximum absolute atomic E-state index is 14.8. The lowest BCUT2D eigenvalue weighted by molar-refractivity contribution is -0.132. The fraction of sp³-hybridized carbons (Fsp3) is 0.364. The number of halogens is 5.